The van der Waals surface area contributed by atoms with Gasteiger partial charge in [0.2, 0.25) is 0 Å². The van der Waals surface area contributed by atoms with Crippen molar-refractivity contribution in [2.45, 2.75) is 57.2 Å². The van der Waals surface area contributed by atoms with Crippen LogP contribution in [0.25, 0.3) is 0 Å². The Labute approximate surface area is 128 Å². The Bertz CT molecular complexity index is 369. The number of aliphatic carboxylic acids is 1. The molecule has 2 atom stereocenters. The predicted molar refractivity (Wildman–Crippen MR) is 84.5 cm³/mol. The van der Waals surface area contributed by atoms with Crippen LogP contribution in [0, 0.1) is 5.92 Å². The fourth-order valence-corrected chi connectivity index (χ4v) is 3.74. The topological polar surface area (TPSA) is 55.8 Å². The maximum absolute atomic E-state index is 12.1. The highest BCUT2D eigenvalue weighted by atomic mass is 16.4. The molecule has 2 rings (SSSR count). The summed E-state index contributed by atoms with van der Waals surface area (Å²) in [5.74, 6) is -0.382. The number of carbonyl (C=O) groups is 1. The molecule has 1 saturated heterocycles. The maximum atomic E-state index is 12.1. The first-order chi connectivity index (χ1) is 9.85. The number of likely N-dealkylation sites (N-methyl/N-ethyl adjacent to an activating group) is 1. The summed E-state index contributed by atoms with van der Waals surface area (Å²) < 4.78 is 0. The number of nitrogens with one attached hydrogen (secondary N) is 1. The van der Waals surface area contributed by atoms with Gasteiger partial charge >= 0.3 is 5.97 Å². The molecule has 2 unspecified atom stereocenters. The summed E-state index contributed by atoms with van der Waals surface area (Å²) in [6.45, 7) is 6.77. The van der Waals surface area contributed by atoms with E-state index < -0.39 is 11.5 Å². The number of carboxylic acids is 1. The second-order valence-corrected chi connectivity index (χ2v) is 7.38. The molecule has 2 N–H and O–H groups in total. The smallest absolute Gasteiger partial charge is 0.325 e. The molecular weight excluding hydrogens is 266 g/mol. The lowest BCUT2D eigenvalue weighted by Crippen LogP contribution is -2.63. The van der Waals surface area contributed by atoms with Crippen molar-refractivity contribution in [3.05, 3.63) is 0 Å². The van der Waals surface area contributed by atoms with Crippen molar-refractivity contribution in [1.29, 1.82) is 0 Å². The molecular formula is C16H31N3O2. The van der Waals surface area contributed by atoms with Crippen LogP contribution in [0.15, 0.2) is 0 Å². The average molecular weight is 297 g/mol. The van der Waals surface area contributed by atoms with Gasteiger partial charge in [0, 0.05) is 25.2 Å². The fraction of sp³-hybridized carbons (Fsp3) is 0.938. The van der Waals surface area contributed by atoms with Gasteiger partial charge in [0.05, 0.1) is 0 Å². The first kappa shape index (κ1) is 16.7. The van der Waals surface area contributed by atoms with Crippen LogP contribution >= 0.6 is 0 Å². The number of likely N-dealkylation sites (tertiary alicyclic amines) is 1. The summed E-state index contributed by atoms with van der Waals surface area (Å²) in [6.07, 6.45) is 4.44. The minimum Gasteiger partial charge on any atom is -0.480 e. The zero-order valence-electron chi connectivity index (χ0n) is 13.9. The number of rotatable bonds is 8. The van der Waals surface area contributed by atoms with Crippen LogP contribution in [-0.4, -0.2) is 72.2 Å². The Kier molecular flexibility index (Phi) is 5.28. The molecule has 21 heavy (non-hydrogen) atoms. The monoisotopic (exact) mass is 297 g/mol. The van der Waals surface area contributed by atoms with Gasteiger partial charge in [-0.05, 0) is 66.1 Å². The fourth-order valence-electron chi connectivity index (χ4n) is 3.74. The van der Waals surface area contributed by atoms with Crippen LogP contribution in [0.1, 0.15) is 39.5 Å². The third-order valence-corrected chi connectivity index (χ3v) is 4.73. The molecule has 0 aromatic rings. The molecule has 1 saturated carbocycles. The summed E-state index contributed by atoms with van der Waals surface area (Å²) in [5, 5.41) is 13.3. The first-order valence-electron chi connectivity index (χ1n) is 8.25. The third kappa shape index (κ3) is 3.96. The molecule has 2 aliphatic rings. The van der Waals surface area contributed by atoms with Crippen molar-refractivity contribution in [1.82, 2.24) is 15.1 Å². The molecule has 5 heteroatoms. The minimum absolute atomic E-state index is 0.191. The lowest BCUT2D eigenvalue weighted by Gasteiger charge is -2.39. The number of hydrogen-bond donors (Lipinski definition) is 2. The van der Waals surface area contributed by atoms with Crippen molar-refractivity contribution >= 4 is 5.97 Å². The van der Waals surface area contributed by atoms with Gasteiger partial charge < -0.3 is 10.0 Å². The van der Waals surface area contributed by atoms with Gasteiger partial charge in [-0.2, -0.15) is 0 Å². The Morgan fingerprint density at radius 3 is 2.52 bits per heavy atom. The molecule has 1 aliphatic heterocycles. The zero-order chi connectivity index (χ0) is 15.6. The summed E-state index contributed by atoms with van der Waals surface area (Å²) in [4.78, 5) is 16.7. The van der Waals surface area contributed by atoms with Gasteiger partial charge in [-0.25, -0.2) is 0 Å². The van der Waals surface area contributed by atoms with Crippen LogP contribution in [0.4, 0.5) is 0 Å². The molecule has 5 nitrogen and oxygen atoms in total. The summed E-state index contributed by atoms with van der Waals surface area (Å²) in [5.41, 5.74) is -0.761. The van der Waals surface area contributed by atoms with Gasteiger partial charge in [0.15, 0.2) is 0 Å². The molecule has 0 spiro atoms. The van der Waals surface area contributed by atoms with Gasteiger partial charge in [0.1, 0.15) is 5.54 Å². The standard InChI is InChI=1S/C16H31N3O2/c1-12(2)17-16(15(20)21,13-7-8-13)11-19-9-5-6-14(19)10-18(3)4/h12-14,17H,5-11H2,1-4H3,(H,20,21). The van der Waals surface area contributed by atoms with Gasteiger partial charge in [-0.1, -0.05) is 0 Å². The Hall–Kier alpha value is -0.650. The Morgan fingerprint density at radius 1 is 1.38 bits per heavy atom. The number of nitrogens with zero attached hydrogens (tertiary/aromatic N) is 2. The Balaban J connectivity index is 2.12. The summed E-state index contributed by atoms with van der Waals surface area (Å²) in [6, 6.07) is 0.683. The van der Waals surface area contributed by atoms with E-state index >= 15 is 0 Å². The van der Waals surface area contributed by atoms with Crippen LogP contribution < -0.4 is 5.32 Å². The van der Waals surface area contributed by atoms with E-state index in [1.807, 2.05) is 13.8 Å². The van der Waals surface area contributed by atoms with Crippen LogP contribution in [0.5, 0.6) is 0 Å². The molecule has 0 radical (unpaired) electrons. The highest BCUT2D eigenvalue weighted by Crippen LogP contribution is 2.41. The van der Waals surface area contributed by atoms with E-state index in [2.05, 4.69) is 29.2 Å². The SMILES string of the molecule is CC(C)NC(CN1CCCC1CN(C)C)(C(=O)O)C1CC1. The van der Waals surface area contributed by atoms with Crippen LogP contribution in [-0.2, 0) is 4.79 Å². The van der Waals surface area contributed by atoms with Crippen LogP contribution in [0.2, 0.25) is 0 Å². The van der Waals surface area contributed by atoms with Gasteiger partial charge in [-0.15, -0.1) is 0 Å². The normalized spacial score (nSPS) is 26.5. The van der Waals surface area contributed by atoms with E-state index in [4.69, 9.17) is 0 Å². The third-order valence-electron chi connectivity index (χ3n) is 4.73. The molecule has 1 heterocycles. The zero-order valence-corrected chi connectivity index (χ0v) is 13.9. The molecule has 0 bridgehead atoms. The number of carboxylic acid groups (broad SMARTS) is 1. The second-order valence-electron chi connectivity index (χ2n) is 7.38. The van der Waals surface area contributed by atoms with Crippen molar-refractivity contribution in [2.75, 3.05) is 33.7 Å². The van der Waals surface area contributed by atoms with E-state index in [-0.39, 0.29) is 12.0 Å². The summed E-state index contributed by atoms with van der Waals surface area (Å²) >= 11 is 0. The van der Waals surface area contributed by atoms with E-state index in [0.29, 0.717) is 12.6 Å². The van der Waals surface area contributed by atoms with Crippen LogP contribution in [0.3, 0.4) is 0 Å². The average Bonchev–Trinajstić information content (AvgIpc) is 3.12. The van der Waals surface area contributed by atoms with Crippen molar-refractivity contribution in [3.8, 4) is 0 Å². The van der Waals surface area contributed by atoms with E-state index in [1.165, 1.54) is 12.8 Å². The molecule has 1 aliphatic carbocycles. The quantitative estimate of drug-likeness (QED) is 0.706. The highest BCUT2D eigenvalue weighted by Gasteiger charge is 2.53. The van der Waals surface area contributed by atoms with Crippen molar-refractivity contribution < 1.29 is 9.90 Å². The molecule has 0 aromatic carbocycles. The highest BCUT2D eigenvalue weighted by molar-refractivity contribution is 5.80. The molecule has 0 aromatic heterocycles. The van der Waals surface area contributed by atoms with Gasteiger partial charge in [0.25, 0.3) is 0 Å². The Morgan fingerprint density at radius 2 is 2.05 bits per heavy atom. The van der Waals surface area contributed by atoms with Crippen molar-refractivity contribution in [2.24, 2.45) is 5.92 Å². The second kappa shape index (κ2) is 6.63. The number of hydrogen-bond acceptors (Lipinski definition) is 4. The lowest BCUT2D eigenvalue weighted by atomic mass is 9.91. The maximum Gasteiger partial charge on any atom is 0.325 e. The minimum atomic E-state index is -0.761. The van der Waals surface area contributed by atoms with E-state index in [9.17, 15) is 9.90 Å². The molecule has 122 valence electrons. The lowest BCUT2D eigenvalue weighted by molar-refractivity contribution is -0.147. The predicted octanol–water partition coefficient (Wildman–Crippen LogP) is 1.24. The van der Waals surface area contributed by atoms with Gasteiger partial charge in [-0.3, -0.25) is 15.0 Å². The summed E-state index contributed by atoms with van der Waals surface area (Å²) in [7, 11) is 4.18. The largest absolute Gasteiger partial charge is 0.480 e. The van der Waals surface area contributed by atoms with Crippen molar-refractivity contribution in [3.63, 3.8) is 0 Å². The molecule has 2 fully saturated rings. The van der Waals surface area contributed by atoms with E-state index in [0.717, 1.165) is 25.9 Å². The molecule has 0 amide bonds. The first-order valence-corrected chi connectivity index (χ1v) is 8.25. The van der Waals surface area contributed by atoms with E-state index in [1.54, 1.807) is 0 Å².